The van der Waals surface area contributed by atoms with Crippen molar-refractivity contribution in [3.8, 4) is 17.3 Å². The van der Waals surface area contributed by atoms with Crippen LogP contribution in [-0.4, -0.2) is 20.7 Å². The molecule has 0 atom stereocenters. The topological polar surface area (TPSA) is 71.0 Å². The zero-order chi connectivity index (χ0) is 14.1. The smallest absolute Gasteiger partial charge is 0.169 e. The van der Waals surface area contributed by atoms with Crippen LogP contribution in [0.4, 0.5) is 0 Å². The molecule has 0 amide bonds. The van der Waals surface area contributed by atoms with Crippen molar-refractivity contribution in [2.24, 2.45) is 0 Å². The molecule has 0 aliphatic carbocycles. The number of nitrogens with zero attached hydrogens (tertiary/aromatic N) is 4. The molecule has 20 heavy (non-hydrogen) atoms. The van der Waals surface area contributed by atoms with Crippen molar-refractivity contribution in [3.05, 3.63) is 53.6 Å². The van der Waals surface area contributed by atoms with Crippen LogP contribution in [-0.2, 0) is 0 Å². The second-order valence-corrected chi connectivity index (χ2v) is 4.34. The molecule has 96 valence electrons. The lowest BCUT2D eigenvalue weighted by atomic mass is 10.1. The number of pyridine rings is 2. The molecular weight excluding hydrogens is 252 g/mol. The Morgan fingerprint density at radius 3 is 2.65 bits per heavy atom. The van der Waals surface area contributed by atoms with Crippen molar-refractivity contribution < 1.29 is 4.79 Å². The van der Waals surface area contributed by atoms with Crippen molar-refractivity contribution >= 4 is 11.9 Å². The lowest BCUT2D eigenvalue weighted by Gasteiger charge is -2.03. The SMILES string of the molecule is Cc1c(C#N)ccc2nc(-c3ccncc3)c(C=O)n12. The number of hydrogen-bond acceptors (Lipinski definition) is 4. The molecule has 3 aromatic heterocycles. The minimum atomic E-state index is 0.445. The third-order valence-corrected chi connectivity index (χ3v) is 3.25. The monoisotopic (exact) mass is 262 g/mol. The molecule has 0 N–H and O–H groups in total. The number of fused-ring (bicyclic) bond motifs is 1. The molecule has 3 heterocycles. The minimum absolute atomic E-state index is 0.445. The van der Waals surface area contributed by atoms with Gasteiger partial charge in [-0.05, 0) is 31.2 Å². The first-order chi connectivity index (χ1) is 9.76. The Hall–Kier alpha value is -3.00. The number of aryl methyl sites for hydroxylation is 1. The van der Waals surface area contributed by atoms with Crippen LogP contribution in [0.5, 0.6) is 0 Å². The zero-order valence-electron chi connectivity index (χ0n) is 10.7. The van der Waals surface area contributed by atoms with Crippen molar-refractivity contribution in [2.75, 3.05) is 0 Å². The highest BCUT2D eigenvalue weighted by atomic mass is 16.1. The molecule has 3 rings (SSSR count). The molecule has 0 saturated heterocycles. The number of aldehydes is 1. The summed E-state index contributed by atoms with van der Waals surface area (Å²) in [5.74, 6) is 0. The summed E-state index contributed by atoms with van der Waals surface area (Å²) >= 11 is 0. The van der Waals surface area contributed by atoms with Crippen molar-refractivity contribution in [1.82, 2.24) is 14.4 Å². The predicted octanol–water partition coefficient (Wildman–Crippen LogP) is 2.39. The predicted molar refractivity (Wildman–Crippen MR) is 73.3 cm³/mol. The lowest BCUT2D eigenvalue weighted by molar-refractivity contribution is 0.111. The van der Waals surface area contributed by atoms with Gasteiger partial charge < -0.3 is 0 Å². The van der Waals surface area contributed by atoms with Crippen LogP contribution in [0.1, 0.15) is 21.7 Å². The fourth-order valence-electron chi connectivity index (χ4n) is 2.26. The highest BCUT2D eigenvalue weighted by molar-refractivity contribution is 5.86. The maximum absolute atomic E-state index is 11.5. The lowest BCUT2D eigenvalue weighted by Crippen LogP contribution is -1.99. The highest BCUT2D eigenvalue weighted by Gasteiger charge is 2.16. The molecule has 0 aliphatic rings. The van der Waals surface area contributed by atoms with E-state index in [0.29, 0.717) is 28.3 Å². The molecule has 0 fully saturated rings. The summed E-state index contributed by atoms with van der Waals surface area (Å²) in [5, 5.41) is 9.08. The van der Waals surface area contributed by atoms with E-state index in [1.54, 1.807) is 48.0 Å². The maximum Gasteiger partial charge on any atom is 0.169 e. The Morgan fingerprint density at radius 1 is 1.25 bits per heavy atom. The molecule has 5 nitrogen and oxygen atoms in total. The summed E-state index contributed by atoms with van der Waals surface area (Å²) in [6.07, 6.45) is 4.08. The molecule has 0 aliphatic heterocycles. The van der Waals surface area contributed by atoms with E-state index >= 15 is 0 Å². The fraction of sp³-hybridized carbons (Fsp3) is 0.0667. The quantitative estimate of drug-likeness (QED) is 0.665. The number of carbonyl (C=O) groups excluding carboxylic acids is 1. The standard InChI is InChI=1S/C15H10N4O/c1-10-12(8-16)2-3-14-18-15(13(9-20)19(10)14)11-4-6-17-7-5-11/h2-7,9H,1H3. The van der Waals surface area contributed by atoms with Crippen LogP contribution in [0.3, 0.4) is 0 Å². The average Bonchev–Trinajstić information content (AvgIpc) is 2.88. The normalized spacial score (nSPS) is 10.4. The van der Waals surface area contributed by atoms with Gasteiger partial charge in [-0.25, -0.2) is 4.98 Å². The molecule has 0 spiro atoms. The van der Waals surface area contributed by atoms with Gasteiger partial charge in [-0.2, -0.15) is 5.26 Å². The van der Waals surface area contributed by atoms with Gasteiger partial charge in [0.2, 0.25) is 0 Å². The van der Waals surface area contributed by atoms with Crippen LogP contribution in [0.2, 0.25) is 0 Å². The van der Waals surface area contributed by atoms with E-state index in [-0.39, 0.29) is 0 Å². The number of hydrogen-bond donors (Lipinski definition) is 0. The first-order valence-electron chi connectivity index (χ1n) is 6.04. The fourth-order valence-corrected chi connectivity index (χ4v) is 2.26. The van der Waals surface area contributed by atoms with Crippen molar-refractivity contribution in [2.45, 2.75) is 6.92 Å². The summed E-state index contributed by atoms with van der Waals surface area (Å²) in [7, 11) is 0. The van der Waals surface area contributed by atoms with Gasteiger partial charge in [-0.1, -0.05) is 0 Å². The largest absolute Gasteiger partial charge is 0.296 e. The maximum atomic E-state index is 11.5. The van der Waals surface area contributed by atoms with Gasteiger partial charge in [-0.3, -0.25) is 14.2 Å². The Morgan fingerprint density at radius 2 is 2.00 bits per heavy atom. The average molecular weight is 262 g/mol. The molecule has 5 heteroatoms. The second kappa shape index (κ2) is 4.59. The summed E-state index contributed by atoms with van der Waals surface area (Å²) < 4.78 is 1.71. The number of carbonyl (C=O) groups is 1. The molecule has 0 saturated carbocycles. The van der Waals surface area contributed by atoms with E-state index in [1.165, 1.54) is 0 Å². The van der Waals surface area contributed by atoms with E-state index in [1.807, 2.05) is 0 Å². The minimum Gasteiger partial charge on any atom is -0.296 e. The highest BCUT2D eigenvalue weighted by Crippen LogP contribution is 2.24. The van der Waals surface area contributed by atoms with Gasteiger partial charge in [0.1, 0.15) is 23.1 Å². The van der Waals surface area contributed by atoms with Crippen LogP contribution in [0.25, 0.3) is 16.9 Å². The summed E-state index contributed by atoms with van der Waals surface area (Å²) in [5.41, 5.74) is 3.75. The number of rotatable bonds is 2. The van der Waals surface area contributed by atoms with E-state index in [9.17, 15) is 4.79 Å². The van der Waals surface area contributed by atoms with E-state index in [4.69, 9.17) is 5.26 Å². The van der Waals surface area contributed by atoms with E-state index in [2.05, 4.69) is 16.0 Å². The summed E-state index contributed by atoms with van der Waals surface area (Å²) in [6, 6.07) is 9.17. The summed E-state index contributed by atoms with van der Waals surface area (Å²) in [6.45, 7) is 1.80. The van der Waals surface area contributed by atoms with Crippen LogP contribution >= 0.6 is 0 Å². The third kappa shape index (κ3) is 1.67. The van der Waals surface area contributed by atoms with Gasteiger partial charge in [-0.15, -0.1) is 0 Å². The van der Waals surface area contributed by atoms with Gasteiger partial charge in [0.05, 0.1) is 5.56 Å². The van der Waals surface area contributed by atoms with Gasteiger partial charge in [0.25, 0.3) is 0 Å². The zero-order valence-corrected chi connectivity index (χ0v) is 10.7. The number of aromatic nitrogens is 3. The Kier molecular flexibility index (Phi) is 2.77. The second-order valence-electron chi connectivity index (χ2n) is 4.34. The number of nitriles is 1. The Bertz CT molecular complexity index is 844. The molecule has 0 unspecified atom stereocenters. The van der Waals surface area contributed by atoms with Gasteiger partial charge in [0.15, 0.2) is 6.29 Å². The van der Waals surface area contributed by atoms with Gasteiger partial charge in [0, 0.05) is 23.7 Å². The van der Waals surface area contributed by atoms with Gasteiger partial charge >= 0.3 is 0 Å². The first kappa shape index (κ1) is 12.1. The van der Waals surface area contributed by atoms with E-state index < -0.39 is 0 Å². The Balaban J connectivity index is 2.39. The van der Waals surface area contributed by atoms with Crippen LogP contribution < -0.4 is 0 Å². The molecule has 0 aromatic carbocycles. The van der Waals surface area contributed by atoms with Crippen molar-refractivity contribution in [1.29, 1.82) is 5.26 Å². The summed E-state index contributed by atoms with van der Waals surface area (Å²) in [4.78, 5) is 19.9. The van der Waals surface area contributed by atoms with E-state index in [0.717, 1.165) is 11.8 Å². The Labute approximate surface area is 115 Å². The molecule has 0 radical (unpaired) electrons. The third-order valence-electron chi connectivity index (χ3n) is 3.25. The number of imidazole rings is 1. The van der Waals surface area contributed by atoms with Crippen LogP contribution in [0, 0.1) is 18.3 Å². The molecular formula is C15H10N4O. The van der Waals surface area contributed by atoms with Crippen molar-refractivity contribution in [3.63, 3.8) is 0 Å². The molecule has 0 bridgehead atoms. The molecule has 3 aromatic rings. The first-order valence-corrected chi connectivity index (χ1v) is 6.04. The van der Waals surface area contributed by atoms with Crippen LogP contribution in [0.15, 0.2) is 36.7 Å².